The number of carbonyl (C=O) groups excluding carboxylic acids is 1. The van der Waals surface area contributed by atoms with Gasteiger partial charge < -0.3 is 15.3 Å². The molecule has 23 heavy (non-hydrogen) atoms. The zero-order valence-electron chi connectivity index (χ0n) is 13.1. The van der Waals surface area contributed by atoms with Crippen molar-refractivity contribution in [2.24, 2.45) is 5.92 Å². The summed E-state index contributed by atoms with van der Waals surface area (Å²) in [5.41, 5.74) is -0.731. The van der Waals surface area contributed by atoms with Crippen LogP contribution in [0, 0.1) is 5.92 Å². The van der Waals surface area contributed by atoms with Gasteiger partial charge in [0.15, 0.2) is 0 Å². The summed E-state index contributed by atoms with van der Waals surface area (Å²) in [6.07, 6.45) is 2.57. The molecule has 0 aliphatic carbocycles. The van der Waals surface area contributed by atoms with Crippen molar-refractivity contribution >= 4 is 33.6 Å². The zero-order valence-corrected chi connectivity index (χ0v) is 15.5. The number of nitrogens with zero attached hydrogens (tertiary/aromatic N) is 1. The van der Waals surface area contributed by atoms with Crippen LogP contribution in [-0.4, -0.2) is 53.4 Å². The third-order valence-corrected chi connectivity index (χ3v) is 6.39. The first-order chi connectivity index (χ1) is 11.0. The fraction of sp³-hybridized carbons (Fsp3) is 0.588. The molecule has 3 aliphatic rings. The van der Waals surface area contributed by atoms with Gasteiger partial charge in [0, 0.05) is 34.6 Å². The zero-order chi connectivity index (χ0) is 16.3. The molecule has 3 heterocycles. The van der Waals surface area contributed by atoms with Crippen LogP contribution < -0.4 is 5.32 Å². The van der Waals surface area contributed by atoms with Crippen molar-refractivity contribution in [3.05, 3.63) is 28.7 Å². The molecular weight excluding hydrogens is 376 g/mol. The molecule has 1 atom stereocenters. The maximum atomic E-state index is 12.0. The molecule has 4 nitrogen and oxygen atoms in total. The van der Waals surface area contributed by atoms with Gasteiger partial charge in [0.05, 0.1) is 5.60 Å². The molecule has 1 amide bonds. The highest BCUT2D eigenvalue weighted by Gasteiger charge is 2.45. The Bertz CT molecular complexity index is 546. The number of nitrogens with one attached hydrogen (secondary N) is 1. The number of hydrogen-bond acceptors (Lipinski definition) is 4. The first-order valence-corrected chi connectivity index (χ1v) is 9.93. The van der Waals surface area contributed by atoms with Crippen LogP contribution in [0.3, 0.4) is 0 Å². The van der Waals surface area contributed by atoms with Gasteiger partial charge in [-0.05, 0) is 56.1 Å². The molecule has 1 aromatic carbocycles. The lowest BCUT2D eigenvalue weighted by atomic mass is 9.75. The molecule has 1 aromatic rings. The van der Waals surface area contributed by atoms with E-state index in [1.54, 1.807) is 11.8 Å². The normalized spacial score (nSPS) is 29.5. The maximum absolute atomic E-state index is 12.0. The number of hydrogen-bond donors (Lipinski definition) is 2. The standard InChI is InChI=1S/C17H23BrN2O2S/c18-14-1-3-15(4-2-14)23-10-7-16(21)19-11-17(22)12-20-8-5-13(17)6-9-20/h1-4,13,22H,5-12H2,(H,19,21)/t17-/m0/s1. The van der Waals surface area contributed by atoms with Crippen molar-refractivity contribution < 1.29 is 9.90 Å². The molecular formula is C17H23BrN2O2S. The van der Waals surface area contributed by atoms with Crippen LogP contribution in [0.15, 0.2) is 33.6 Å². The number of benzene rings is 1. The smallest absolute Gasteiger partial charge is 0.220 e. The van der Waals surface area contributed by atoms with E-state index in [-0.39, 0.29) is 5.91 Å². The Morgan fingerprint density at radius 1 is 1.35 bits per heavy atom. The third kappa shape index (κ3) is 4.50. The second-order valence-electron chi connectivity index (χ2n) is 6.48. The maximum Gasteiger partial charge on any atom is 0.220 e. The molecule has 0 radical (unpaired) electrons. The summed E-state index contributed by atoms with van der Waals surface area (Å²) in [5, 5.41) is 13.7. The number of amides is 1. The molecule has 0 saturated carbocycles. The van der Waals surface area contributed by atoms with E-state index < -0.39 is 5.60 Å². The van der Waals surface area contributed by atoms with Crippen LogP contribution in [0.25, 0.3) is 0 Å². The summed E-state index contributed by atoms with van der Waals surface area (Å²) in [5.74, 6) is 1.12. The fourth-order valence-electron chi connectivity index (χ4n) is 3.48. The summed E-state index contributed by atoms with van der Waals surface area (Å²) in [7, 11) is 0. The van der Waals surface area contributed by atoms with E-state index in [1.807, 2.05) is 24.3 Å². The highest BCUT2D eigenvalue weighted by Crippen LogP contribution is 2.35. The van der Waals surface area contributed by atoms with E-state index in [1.165, 1.54) is 0 Å². The number of piperidine rings is 3. The van der Waals surface area contributed by atoms with Gasteiger partial charge in [0.1, 0.15) is 0 Å². The summed E-state index contributed by atoms with van der Waals surface area (Å²) in [6, 6.07) is 8.10. The summed E-state index contributed by atoms with van der Waals surface area (Å²) in [6.45, 7) is 3.26. The molecule has 6 heteroatoms. The van der Waals surface area contributed by atoms with Crippen LogP contribution in [0.1, 0.15) is 19.3 Å². The first-order valence-electron chi connectivity index (χ1n) is 8.15. The Kier molecular flexibility index (Phi) is 5.67. The second kappa shape index (κ2) is 7.55. The van der Waals surface area contributed by atoms with Crippen LogP contribution in [0.5, 0.6) is 0 Å². The number of halogens is 1. The fourth-order valence-corrected chi connectivity index (χ4v) is 4.59. The average Bonchev–Trinajstić information content (AvgIpc) is 2.56. The van der Waals surface area contributed by atoms with Gasteiger partial charge in [-0.2, -0.15) is 0 Å². The van der Waals surface area contributed by atoms with Crippen molar-refractivity contribution in [2.75, 3.05) is 31.9 Å². The van der Waals surface area contributed by atoms with Gasteiger partial charge in [0.25, 0.3) is 0 Å². The predicted molar refractivity (Wildman–Crippen MR) is 96.6 cm³/mol. The van der Waals surface area contributed by atoms with Gasteiger partial charge in [0.2, 0.25) is 5.91 Å². The van der Waals surface area contributed by atoms with E-state index >= 15 is 0 Å². The van der Waals surface area contributed by atoms with Crippen molar-refractivity contribution in [3.63, 3.8) is 0 Å². The van der Waals surface area contributed by atoms with Crippen molar-refractivity contribution in [2.45, 2.75) is 29.8 Å². The molecule has 0 unspecified atom stereocenters. The summed E-state index contributed by atoms with van der Waals surface area (Å²) >= 11 is 5.09. The number of fused-ring (bicyclic) bond motifs is 3. The third-order valence-electron chi connectivity index (χ3n) is 4.85. The number of thioether (sulfide) groups is 1. The van der Waals surface area contributed by atoms with E-state index in [0.717, 1.165) is 41.1 Å². The lowest BCUT2D eigenvalue weighted by Gasteiger charge is -2.50. The van der Waals surface area contributed by atoms with E-state index in [2.05, 4.69) is 26.1 Å². The Labute approximate surface area is 150 Å². The summed E-state index contributed by atoms with van der Waals surface area (Å²) in [4.78, 5) is 15.5. The van der Waals surface area contributed by atoms with Gasteiger partial charge in [-0.1, -0.05) is 15.9 Å². The Hall–Kier alpha value is -0.560. The topological polar surface area (TPSA) is 52.6 Å². The number of rotatable bonds is 6. The lowest BCUT2D eigenvalue weighted by Crippen LogP contribution is -2.63. The largest absolute Gasteiger partial charge is 0.386 e. The van der Waals surface area contributed by atoms with Crippen LogP contribution >= 0.6 is 27.7 Å². The quantitative estimate of drug-likeness (QED) is 0.722. The minimum Gasteiger partial charge on any atom is -0.386 e. The summed E-state index contributed by atoms with van der Waals surface area (Å²) < 4.78 is 1.06. The molecule has 3 aliphatic heterocycles. The van der Waals surface area contributed by atoms with Crippen LogP contribution in [-0.2, 0) is 4.79 Å². The molecule has 2 N–H and O–H groups in total. The predicted octanol–water partition coefficient (Wildman–Crippen LogP) is 2.50. The average molecular weight is 399 g/mol. The van der Waals surface area contributed by atoms with Gasteiger partial charge in [-0.25, -0.2) is 0 Å². The monoisotopic (exact) mass is 398 g/mol. The van der Waals surface area contributed by atoms with Gasteiger partial charge in [-0.3, -0.25) is 4.79 Å². The molecule has 126 valence electrons. The molecule has 2 bridgehead atoms. The molecule has 3 saturated heterocycles. The molecule has 4 rings (SSSR count). The number of carbonyl (C=O) groups is 1. The second-order valence-corrected chi connectivity index (χ2v) is 8.57. The van der Waals surface area contributed by atoms with Crippen molar-refractivity contribution in [1.82, 2.24) is 10.2 Å². The molecule has 0 spiro atoms. The highest BCUT2D eigenvalue weighted by molar-refractivity contribution is 9.10. The minimum atomic E-state index is -0.731. The Balaban J connectivity index is 1.39. The molecule has 0 aromatic heterocycles. The van der Waals surface area contributed by atoms with E-state index in [4.69, 9.17) is 0 Å². The molecule has 3 fully saturated rings. The number of aliphatic hydroxyl groups is 1. The Morgan fingerprint density at radius 3 is 2.65 bits per heavy atom. The Morgan fingerprint density at radius 2 is 2.04 bits per heavy atom. The van der Waals surface area contributed by atoms with E-state index in [0.29, 0.717) is 25.4 Å². The van der Waals surface area contributed by atoms with Crippen molar-refractivity contribution in [3.8, 4) is 0 Å². The first kappa shape index (κ1) is 17.3. The van der Waals surface area contributed by atoms with Crippen LogP contribution in [0.2, 0.25) is 0 Å². The highest BCUT2D eigenvalue weighted by atomic mass is 79.9. The van der Waals surface area contributed by atoms with E-state index in [9.17, 15) is 9.90 Å². The van der Waals surface area contributed by atoms with Crippen molar-refractivity contribution in [1.29, 1.82) is 0 Å². The van der Waals surface area contributed by atoms with Gasteiger partial charge in [-0.15, -0.1) is 11.8 Å². The van der Waals surface area contributed by atoms with Gasteiger partial charge >= 0.3 is 0 Å². The minimum absolute atomic E-state index is 0.0273. The van der Waals surface area contributed by atoms with Crippen LogP contribution in [0.4, 0.5) is 0 Å². The lowest BCUT2D eigenvalue weighted by molar-refractivity contribution is -0.129. The SMILES string of the molecule is O=C(CCSc1ccc(Br)cc1)NC[C@]1(O)CN2CCC1CC2.